The first-order valence-corrected chi connectivity index (χ1v) is 9.00. The lowest BCUT2D eigenvalue weighted by molar-refractivity contribution is -0.132. The van der Waals surface area contributed by atoms with Crippen molar-refractivity contribution in [1.82, 2.24) is 4.57 Å². The summed E-state index contributed by atoms with van der Waals surface area (Å²) in [4.78, 5) is 47.3. The summed E-state index contributed by atoms with van der Waals surface area (Å²) in [6.45, 7) is 3.80. The number of fused-ring (bicyclic) bond motifs is 1. The van der Waals surface area contributed by atoms with E-state index in [0.29, 0.717) is 22.2 Å². The summed E-state index contributed by atoms with van der Waals surface area (Å²) < 4.78 is 16.9. The van der Waals surface area contributed by atoms with Crippen LogP contribution in [0.25, 0.3) is 22.0 Å². The van der Waals surface area contributed by atoms with E-state index in [0.717, 1.165) is 0 Å². The van der Waals surface area contributed by atoms with E-state index in [1.807, 2.05) is 0 Å². The van der Waals surface area contributed by atoms with E-state index in [9.17, 15) is 19.2 Å². The highest BCUT2D eigenvalue weighted by Gasteiger charge is 2.20. The highest BCUT2D eigenvalue weighted by atomic mass is 16.5. The predicted octanol–water partition coefficient (Wildman–Crippen LogP) is 2.98. The molecule has 0 bridgehead atoms. The lowest BCUT2D eigenvalue weighted by Gasteiger charge is -2.16. The van der Waals surface area contributed by atoms with Crippen molar-refractivity contribution < 1.29 is 28.6 Å². The van der Waals surface area contributed by atoms with Gasteiger partial charge in [0.15, 0.2) is 5.75 Å². The molecular weight excluding hydrogens is 390 g/mol. The van der Waals surface area contributed by atoms with Gasteiger partial charge >= 0.3 is 17.9 Å². The molecule has 0 aliphatic carbocycles. The minimum absolute atomic E-state index is 0.0928. The molecule has 0 amide bonds. The molecule has 0 N–H and O–H groups in total. The van der Waals surface area contributed by atoms with E-state index in [2.05, 4.69) is 0 Å². The molecule has 1 heterocycles. The molecule has 0 unspecified atom stereocenters. The van der Waals surface area contributed by atoms with Crippen LogP contribution >= 0.6 is 0 Å². The average molecular weight is 409 g/mol. The van der Waals surface area contributed by atoms with Crippen molar-refractivity contribution in [2.45, 2.75) is 20.8 Å². The Morgan fingerprint density at radius 1 is 0.767 bits per heavy atom. The second kappa shape index (κ2) is 8.20. The van der Waals surface area contributed by atoms with Crippen molar-refractivity contribution in [3.63, 3.8) is 0 Å². The summed E-state index contributed by atoms with van der Waals surface area (Å²) >= 11 is 0. The van der Waals surface area contributed by atoms with Crippen LogP contribution in [0, 0.1) is 0 Å². The van der Waals surface area contributed by atoms with E-state index >= 15 is 0 Å². The van der Waals surface area contributed by atoms with E-state index < -0.39 is 23.5 Å². The number of pyridine rings is 1. The van der Waals surface area contributed by atoms with Gasteiger partial charge < -0.3 is 18.8 Å². The molecule has 1 aromatic heterocycles. The number of hydrogen-bond acceptors (Lipinski definition) is 7. The Bertz CT molecular complexity index is 1220. The van der Waals surface area contributed by atoms with Crippen molar-refractivity contribution in [3.8, 4) is 28.4 Å². The summed E-state index contributed by atoms with van der Waals surface area (Å²) in [6.07, 6.45) is 0. The summed E-state index contributed by atoms with van der Waals surface area (Å²) in [7, 11) is 1.57. The number of esters is 3. The van der Waals surface area contributed by atoms with E-state index in [1.165, 1.54) is 31.4 Å². The van der Waals surface area contributed by atoms with Gasteiger partial charge in [0.25, 0.3) is 5.56 Å². The van der Waals surface area contributed by atoms with Crippen molar-refractivity contribution >= 4 is 28.8 Å². The van der Waals surface area contributed by atoms with E-state index in [4.69, 9.17) is 14.2 Å². The minimum Gasteiger partial charge on any atom is -0.427 e. The molecule has 0 radical (unpaired) electrons. The van der Waals surface area contributed by atoms with Gasteiger partial charge in [-0.2, -0.15) is 0 Å². The number of carbonyl (C=O) groups is 3. The van der Waals surface area contributed by atoms with E-state index in [1.54, 1.807) is 43.4 Å². The third-order valence-corrected chi connectivity index (χ3v) is 4.23. The molecule has 0 saturated carbocycles. The molecule has 0 spiro atoms. The number of ether oxygens (including phenoxy) is 3. The van der Waals surface area contributed by atoms with Crippen LogP contribution in [0.5, 0.6) is 17.2 Å². The molecule has 0 fully saturated rings. The van der Waals surface area contributed by atoms with Crippen molar-refractivity contribution in [1.29, 1.82) is 0 Å². The van der Waals surface area contributed by atoms with Gasteiger partial charge in [0.2, 0.25) is 0 Å². The zero-order valence-electron chi connectivity index (χ0n) is 16.8. The van der Waals surface area contributed by atoms with Crippen molar-refractivity contribution in [2.75, 3.05) is 0 Å². The monoisotopic (exact) mass is 409 g/mol. The van der Waals surface area contributed by atoms with Crippen LogP contribution in [0.15, 0.2) is 47.3 Å². The van der Waals surface area contributed by atoms with Crippen LogP contribution in [0.2, 0.25) is 0 Å². The first kappa shape index (κ1) is 20.8. The largest absolute Gasteiger partial charge is 0.427 e. The Labute approximate surface area is 171 Å². The van der Waals surface area contributed by atoms with Crippen LogP contribution in [0.1, 0.15) is 20.8 Å². The minimum atomic E-state index is -0.591. The SMILES string of the molecule is CC(=O)Oc1ccc(-c2c(OC(C)=O)c3ccc(OC(C)=O)cc3n(C)c2=O)cc1. The molecule has 8 nitrogen and oxygen atoms in total. The summed E-state index contributed by atoms with van der Waals surface area (Å²) in [6, 6.07) is 11.0. The number of aryl methyl sites for hydroxylation is 1. The Hall–Kier alpha value is -3.94. The van der Waals surface area contributed by atoms with E-state index in [-0.39, 0.29) is 17.1 Å². The first-order valence-electron chi connectivity index (χ1n) is 9.00. The maximum atomic E-state index is 13.2. The number of rotatable bonds is 4. The number of nitrogens with zero attached hydrogens (tertiary/aromatic N) is 1. The topological polar surface area (TPSA) is 101 Å². The van der Waals surface area contributed by atoms with Gasteiger partial charge in [-0.3, -0.25) is 19.2 Å². The molecule has 154 valence electrons. The molecule has 0 atom stereocenters. The molecule has 2 aromatic carbocycles. The number of benzene rings is 2. The van der Waals surface area contributed by atoms with Crippen LogP contribution in [-0.2, 0) is 21.4 Å². The third-order valence-electron chi connectivity index (χ3n) is 4.23. The maximum Gasteiger partial charge on any atom is 0.308 e. The van der Waals surface area contributed by atoms with Gasteiger partial charge in [0.05, 0.1) is 11.1 Å². The molecule has 0 aliphatic heterocycles. The Morgan fingerprint density at radius 2 is 1.30 bits per heavy atom. The fourth-order valence-corrected chi connectivity index (χ4v) is 3.08. The van der Waals surface area contributed by atoms with Gasteiger partial charge in [-0.15, -0.1) is 0 Å². The number of carbonyl (C=O) groups excluding carboxylic acids is 3. The summed E-state index contributed by atoms with van der Waals surface area (Å²) in [5.74, 6) is -0.875. The number of hydrogen-bond donors (Lipinski definition) is 0. The lowest BCUT2D eigenvalue weighted by Crippen LogP contribution is -2.21. The predicted molar refractivity (Wildman–Crippen MR) is 109 cm³/mol. The third kappa shape index (κ3) is 4.22. The van der Waals surface area contributed by atoms with Gasteiger partial charge in [-0.05, 0) is 29.8 Å². The summed E-state index contributed by atoms with van der Waals surface area (Å²) in [5.41, 5.74) is 0.665. The lowest BCUT2D eigenvalue weighted by atomic mass is 10.0. The smallest absolute Gasteiger partial charge is 0.308 e. The Kier molecular flexibility index (Phi) is 5.68. The fourth-order valence-electron chi connectivity index (χ4n) is 3.08. The number of aromatic nitrogens is 1. The van der Waals surface area contributed by atoms with Crippen LogP contribution in [-0.4, -0.2) is 22.5 Å². The normalized spacial score (nSPS) is 10.5. The van der Waals surface area contributed by atoms with Crippen molar-refractivity contribution in [2.24, 2.45) is 7.05 Å². The molecule has 30 heavy (non-hydrogen) atoms. The second-order valence-corrected chi connectivity index (χ2v) is 6.55. The Morgan fingerprint density at radius 3 is 1.87 bits per heavy atom. The van der Waals surface area contributed by atoms with Crippen LogP contribution < -0.4 is 19.8 Å². The quantitative estimate of drug-likeness (QED) is 0.482. The molecule has 0 aliphatic rings. The first-order chi connectivity index (χ1) is 14.2. The standard InChI is InChI=1S/C22H19NO7/c1-12(24)28-16-7-5-15(6-8-16)20-21(30-14(3)26)18-10-9-17(29-13(2)25)11-19(18)23(4)22(20)27/h5-11H,1-4H3. The fraction of sp³-hybridized carbons (Fsp3) is 0.182. The van der Waals surface area contributed by atoms with Crippen molar-refractivity contribution in [3.05, 3.63) is 52.8 Å². The van der Waals surface area contributed by atoms with Crippen LogP contribution in [0.4, 0.5) is 0 Å². The summed E-state index contributed by atoms with van der Waals surface area (Å²) in [5, 5.41) is 0.488. The molecule has 0 saturated heterocycles. The highest BCUT2D eigenvalue weighted by molar-refractivity contribution is 5.95. The zero-order valence-corrected chi connectivity index (χ0v) is 16.8. The van der Waals surface area contributed by atoms with Gasteiger partial charge in [0, 0.05) is 39.3 Å². The Balaban J connectivity index is 2.26. The molecular formula is C22H19NO7. The molecule has 3 aromatic rings. The molecule has 8 heteroatoms. The second-order valence-electron chi connectivity index (χ2n) is 6.55. The van der Waals surface area contributed by atoms with Gasteiger partial charge in [-0.25, -0.2) is 0 Å². The maximum absolute atomic E-state index is 13.2. The van der Waals surface area contributed by atoms with Crippen LogP contribution in [0.3, 0.4) is 0 Å². The highest BCUT2D eigenvalue weighted by Crippen LogP contribution is 2.36. The zero-order chi connectivity index (χ0) is 22.0. The molecule has 3 rings (SSSR count). The average Bonchev–Trinajstić information content (AvgIpc) is 2.66. The van der Waals surface area contributed by atoms with Gasteiger partial charge in [-0.1, -0.05) is 12.1 Å². The van der Waals surface area contributed by atoms with Gasteiger partial charge in [0.1, 0.15) is 11.5 Å².